The average Bonchev–Trinajstić information content (AvgIpc) is 3.22. The predicted octanol–water partition coefficient (Wildman–Crippen LogP) is 3.83. The fraction of sp³-hybridized carbons (Fsp3) is 0.250. The molecule has 0 saturated heterocycles. The third-order valence-electron chi connectivity index (χ3n) is 5.11. The van der Waals surface area contributed by atoms with Crippen LogP contribution in [0.15, 0.2) is 57.8 Å². The van der Waals surface area contributed by atoms with Crippen molar-refractivity contribution in [3.05, 3.63) is 81.5 Å². The minimum Gasteiger partial charge on any atom is -0.352 e. The number of nitrogens with one attached hydrogen (secondary N) is 2. The van der Waals surface area contributed by atoms with Gasteiger partial charge in [0.05, 0.1) is 5.56 Å². The van der Waals surface area contributed by atoms with Gasteiger partial charge >= 0.3 is 0 Å². The molecular weight excluding hydrogens is 392 g/mol. The molecule has 0 spiro atoms. The lowest BCUT2D eigenvalue weighted by Crippen LogP contribution is -2.22. The molecule has 2 N–H and O–H groups in total. The molecular formula is C24H24N4O3. The Morgan fingerprint density at radius 3 is 2.65 bits per heavy atom. The van der Waals surface area contributed by atoms with Crippen LogP contribution in [0.4, 0.5) is 0 Å². The topological polar surface area (TPSA) is 101 Å². The van der Waals surface area contributed by atoms with E-state index < -0.39 is 0 Å². The molecule has 0 unspecified atom stereocenters. The summed E-state index contributed by atoms with van der Waals surface area (Å²) in [5.74, 6) is 0.634. The Morgan fingerprint density at radius 1 is 1.06 bits per heavy atom. The number of pyridine rings is 1. The molecule has 158 valence electrons. The summed E-state index contributed by atoms with van der Waals surface area (Å²) in [5, 5.41) is 7.77. The fourth-order valence-corrected chi connectivity index (χ4v) is 3.35. The number of hydrogen-bond donors (Lipinski definition) is 2. The lowest BCUT2D eigenvalue weighted by Gasteiger charge is -2.05. The maximum atomic E-state index is 12.4. The normalized spacial score (nSPS) is 11.0. The van der Waals surface area contributed by atoms with Crippen LogP contribution < -0.4 is 10.9 Å². The quantitative estimate of drug-likeness (QED) is 0.477. The van der Waals surface area contributed by atoms with E-state index in [2.05, 4.69) is 20.4 Å². The summed E-state index contributed by atoms with van der Waals surface area (Å²) >= 11 is 0. The van der Waals surface area contributed by atoms with E-state index in [-0.39, 0.29) is 17.3 Å². The smallest absolute Gasteiger partial charge is 0.259 e. The van der Waals surface area contributed by atoms with Crippen molar-refractivity contribution in [2.45, 2.75) is 39.7 Å². The van der Waals surface area contributed by atoms with Gasteiger partial charge in [0.2, 0.25) is 17.6 Å². The van der Waals surface area contributed by atoms with Crippen LogP contribution in [0.3, 0.4) is 0 Å². The first-order valence-electron chi connectivity index (χ1n) is 10.3. The minimum absolute atomic E-state index is 0.0262. The molecule has 0 aliphatic carbocycles. The Hall–Kier alpha value is -3.74. The predicted molar refractivity (Wildman–Crippen MR) is 119 cm³/mol. The number of aryl methyl sites for hydroxylation is 3. The van der Waals surface area contributed by atoms with E-state index in [1.807, 2.05) is 56.3 Å². The highest BCUT2D eigenvalue weighted by Crippen LogP contribution is 2.19. The molecule has 4 rings (SSSR count). The van der Waals surface area contributed by atoms with E-state index in [4.69, 9.17) is 4.52 Å². The van der Waals surface area contributed by atoms with Crippen molar-refractivity contribution in [2.24, 2.45) is 0 Å². The third-order valence-corrected chi connectivity index (χ3v) is 5.11. The molecule has 7 heteroatoms. The zero-order chi connectivity index (χ0) is 21.8. The van der Waals surface area contributed by atoms with Crippen molar-refractivity contribution in [2.75, 3.05) is 0 Å². The molecule has 0 radical (unpaired) electrons. The summed E-state index contributed by atoms with van der Waals surface area (Å²) in [7, 11) is 0. The van der Waals surface area contributed by atoms with Crippen molar-refractivity contribution in [1.29, 1.82) is 0 Å². The maximum Gasteiger partial charge on any atom is 0.259 e. The summed E-state index contributed by atoms with van der Waals surface area (Å²) in [6.45, 7) is 4.53. The number of aromatic amines is 1. The van der Waals surface area contributed by atoms with E-state index in [9.17, 15) is 9.59 Å². The molecule has 2 heterocycles. The highest BCUT2D eigenvalue weighted by Gasteiger charge is 2.14. The number of benzene rings is 2. The molecule has 7 nitrogen and oxygen atoms in total. The molecule has 2 aromatic carbocycles. The average molecular weight is 416 g/mol. The highest BCUT2D eigenvalue weighted by molar-refractivity contribution is 5.82. The minimum atomic E-state index is -0.265. The van der Waals surface area contributed by atoms with E-state index in [1.165, 1.54) is 5.56 Å². The third kappa shape index (κ3) is 5.06. The molecule has 0 saturated carbocycles. The molecule has 31 heavy (non-hydrogen) atoms. The highest BCUT2D eigenvalue weighted by atomic mass is 16.5. The first kappa shape index (κ1) is 20.5. The van der Waals surface area contributed by atoms with Gasteiger partial charge in [0.25, 0.3) is 5.56 Å². The Bertz CT molecular complexity index is 1270. The van der Waals surface area contributed by atoms with Crippen LogP contribution >= 0.6 is 0 Å². The summed E-state index contributed by atoms with van der Waals surface area (Å²) in [6.07, 6.45) is 1.41. The fourth-order valence-electron chi connectivity index (χ4n) is 3.35. The summed E-state index contributed by atoms with van der Waals surface area (Å²) in [4.78, 5) is 31.7. The van der Waals surface area contributed by atoms with E-state index in [0.29, 0.717) is 37.3 Å². The zero-order valence-corrected chi connectivity index (χ0v) is 17.6. The van der Waals surface area contributed by atoms with Crippen LogP contribution in [0.2, 0.25) is 0 Å². The molecule has 0 bridgehead atoms. The van der Waals surface area contributed by atoms with Crippen molar-refractivity contribution in [1.82, 2.24) is 20.4 Å². The first-order chi connectivity index (χ1) is 15.0. The SMILES string of the molecule is Cc1ccc(CNC(=O)CCCc2nc(-c3cc4cc(C)ccc4[nH]c3=O)no2)cc1. The van der Waals surface area contributed by atoms with E-state index in [1.54, 1.807) is 6.07 Å². The second kappa shape index (κ2) is 8.95. The van der Waals surface area contributed by atoms with E-state index in [0.717, 1.165) is 22.0 Å². The van der Waals surface area contributed by atoms with Gasteiger partial charge in [0.1, 0.15) is 0 Å². The standard InChI is InChI=1S/C24H24N4O3/c1-15-6-9-17(10-7-15)14-25-21(29)4-3-5-22-27-23(28-31-22)19-13-18-12-16(2)8-11-20(18)26-24(19)30/h6-13H,3-5,14H2,1-2H3,(H,25,29)(H,26,30). The number of hydrogen-bond acceptors (Lipinski definition) is 5. The van der Waals surface area contributed by atoms with Crippen LogP contribution in [0.25, 0.3) is 22.3 Å². The second-order valence-corrected chi connectivity index (χ2v) is 7.73. The number of nitrogens with zero attached hydrogens (tertiary/aromatic N) is 2. The van der Waals surface area contributed by atoms with Gasteiger partial charge < -0.3 is 14.8 Å². The Labute approximate surface area is 179 Å². The summed E-state index contributed by atoms with van der Waals surface area (Å²) < 4.78 is 5.29. The van der Waals surface area contributed by atoms with Crippen LogP contribution in [0.1, 0.15) is 35.4 Å². The van der Waals surface area contributed by atoms with Gasteiger partial charge in [-0.25, -0.2) is 0 Å². The summed E-state index contributed by atoms with van der Waals surface area (Å²) in [5.41, 5.74) is 4.22. The molecule has 4 aromatic rings. The molecule has 0 atom stereocenters. The van der Waals surface area contributed by atoms with Crippen LogP contribution in [-0.2, 0) is 17.8 Å². The van der Waals surface area contributed by atoms with Gasteiger partial charge in [-0.15, -0.1) is 0 Å². The van der Waals surface area contributed by atoms with Crippen molar-refractivity contribution in [3.63, 3.8) is 0 Å². The van der Waals surface area contributed by atoms with E-state index >= 15 is 0 Å². The van der Waals surface area contributed by atoms with Gasteiger partial charge in [0.15, 0.2) is 0 Å². The van der Waals surface area contributed by atoms with Crippen LogP contribution in [0.5, 0.6) is 0 Å². The number of carbonyl (C=O) groups excluding carboxylic acids is 1. The lowest BCUT2D eigenvalue weighted by atomic mass is 10.1. The van der Waals surface area contributed by atoms with Crippen LogP contribution in [0, 0.1) is 13.8 Å². The monoisotopic (exact) mass is 416 g/mol. The second-order valence-electron chi connectivity index (χ2n) is 7.73. The number of H-pyrrole nitrogens is 1. The van der Waals surface area contributed by atoms with Gasteiger partial charge in [-0.05, 0) is 49.4 Å². The van der Waals surface area contributed by atoms with Crippen LogP contribution in [-0.4, -0.2) is 21.0 Å². The zero-order valence-electron chi connectivity index (χ0n) is 17.6. The number of fused-ring (bicyclic) bond motifs is 1. The number of carbonyl (C=O) groups is 1. The number of amides is 1. The van der Waals surface area contributed by atoms with Crippen molar-refractivity contribution >= 4 is 16.8 Å². The largest absolute Gasteiger partial charge is 0.352 e. The van der Waals surface area contributed by atoms with Gasteiger partial charge in [-0.1, -0.05) is 46.6 Å². The summed E-state index contributed by atoms with van der Waals surface area (Å²) in [6, 6.07) is 15.6. The van der Waals surface area contributed by atoms with Gasteiger partial charge in [0, 0.05) is 24.9 Å². The van der Waals surface area contributed by atoms with Gasteiger partial charge in [-0.3, -0.25) is 9.59 Å². The molecule has 1 amide bonds. The number of rotatable bonds is 7. The molecule has 0 fully saturated rings. The maximum absolute atomic E-state index is 12.4. The Morgan fingerprint density at radius 2 is 1.84 bits per heavy atom. The number of aromatic nitrogens is 3. The molecule has 0 aliphatic rings. The first-order valence-corrected chi connectivity index (χ1v) is 10.3. The van der Waals surface area contributed by atoms with Gasteiger partial charge in [-0.2, -0.15) is 4.98 Å². The molecule has 2 aromatic heterocycles. The lowest BCUT2D eigenvalue weighted by molar-refractivity contribution is -0.121. The Kier molecular flexibility index (Phi) is 5.93. The molecule has 0 aliphatic heterocycles. The Balaban J connectivity index is 1.33. The van der Waals surface area contributed by atoms with Crippen molar-refractivity contribution < 1.29 is 9.32 Å². The van der Waals surface area contributed by atoms with Crippen molar-refractivity contribution in [3.8, 4) is 11.4 Å².